The van der Waals surface area contributed by atoms with E-state index in [2.05, 4.69) is 11.5 Å². The fraction of sp³-hybridized carbons (Fsp3) is 0.286. The molecule has 2 N–H and O–H groups in total. The highest BCUT2D eigenvalue weighted by atomic mass is 79.9. The van der Waals surface area contributed by atoms with Crippen LogP contribution in [-0.2, 0) is 6.54 Å². The molecular weight excluding hydrogens is 192 g/mol. The molecule has 0 aliphatic rings. The maximum Gasteiger partial charge on any atom is 0.170 e. The molecule has 1 aromatic heterocycles. The number of rotatable bonds is 1. The highest BCUT2D eigenvalue weighted by Gasteiger charge is 1.91. The van der Waals surface area contributed by atoms with Crippen molar-refractivity contribution in [3.8, 4) is 0 Å². The molecule has 3 heteroatoms. The maximum atomic E-state index is 5.47. The molecule has 2 nitrogen and oxygen atoms in total. The minimum atomic E-state index is 0. The minimum Gasteiger partial charge on any atom is -1.00 e. The van der Waals surface area contributed by atoms with E-state index in [1.807, 2.05) is 24.5 Å². The van der Waals surface area contributed by atoms with Gasteiger partial charge in [0.2, 0.25) is 0 Å². The highest BCUT2D eigenvalue weighted by Crippen LogP contribution is 1.92. The van der Waals surface area contributed by atoms with Crippen LogP contribution < -0.4 is 27.3 Å². The van der Waals surface area contributed by atoms with Crippen molar-refractivity contribution in [3.63, 3.8) is 0 Å². The minimum absolute atomic E-state index is 0. The first-order valence-corrected chi connectivity index (χ1v) is 3.07. The second-order valence-corrected chi connectivity index (χ2v) is 1.96. The van der Waals surface area contributed by atoms with Crippen molar-refractivity contribution in [2.75, 3.05) is 5.73 Å². The molecule has 0 aromatic carbocycles. The van der Waals surface area contributed by atoms with Gasteiger partial charge in [0, 0.05) is 17.8 Å². The second-order valence-electron chi connectivity index (χ2n) is 1.96. The van der Waals surface area contributed by atoms with Gasteiger partial charge in [-0.3, -0.25) is 0 Å². The standard InChI is InChI=1S/C7H10N2.BrH/c1-2-9-5-3-7(8)4-6-9;/h3-6,8H,2H2,1H3;1H. The lowest BCUT2D eigenvalue weighted by molar-refractivity contribution is -0.693. The van der Waals surface area contributed by atoms with Crippen LogP contribution in [0.5, 0.6) is 0 Å². The Balaban J connectivity index is 0.000000810. The van der Waals surface area contributed by atoms with E-state index in [0.717, 1.165) is 12.2 Å². The number of nitrogens with zero attached hydrogens (tertiary/aromatic N) is 1. The van der Waals surface area contributed by atoms with Gasteiger partial charge in [-0.15, -0.1) is 0 Å². The van der Waals surface area contributed by atoms with Crippen LogP contribution in [0.3, 0.4) is 0 Å². The van der Waals surface area contributed by atoms with E-state index in [0.29, 0.717) is 0 Å². The van der Waals surface area contributed by atoms with E-state index >= 15 is 0 Å². The molecule has 0 bridgehead atoms. The van der Waals surface area contributed by atoms with Crippen LogP contribution in [-0.4, -0.2) is 0 Å². The number of nitrogen functional groups attached to an aromatic ring is 1. The van der Waals surface area contributed by atoms with Gasteiger partial charge in [-0.2, -0.15) is 0 Å². The summed E-state index contributed by atoms with van der Waals surface area (Å²) in [7, 11) is 0. The van der Waals surface area contributed by atoms with Gasteiger partial charge in [0.05, 0.1) is 0 Å². The summed E-state index contributed by atoms with van der Waals surface area (Å²) in [4.78, 5) is 0. The molecule has 0 fully saturated rings. The largest absolute Gasteiger partial charge is 1.00 e. The zero-order valence-corrected chi connectivity index (χ0v) is 7.51. The van der Waals surface area contributed by atoms with E-state index in [1.165, 1.54) is 0 Å². The molecule has 56 valence electrons. The Morgan fingerprint density at radius 2 is 1.90 bits per heavy atom. The Labute approximate surface area is 71.4 Å². The number of nitrogens with two attached hydrogens (primary N) is 1. The summed E-state index contributed by atoms with van der Waals surface area (Å²) in [6.07, 6.45) is 3.94. The van der Waals surface area contributed by atoms with Crippen LogP contribution in [0.2, 0.25) is 0 Å². The first-order valence-electron chi connectivity index (χ1n) is 3.07. The Hall–Kier alpha value is -0.570. The quantitative estimate of drug-likeness (QED) is 0.506. The number of hydrogen-bond acceptors (Lipinski definition) is 1. The lowest BCUT2D eigenvalue weighted by atomic mass is 10.4. The first-order chi connectivity index (χ1) is 4.33. The van der Waals surface area contributed by atoms with Crippen molar-refractivity contribution in [2.45, 2.75) is 13.5 Å². The molecule has 0 atom stereocenters. The predicted octanol–water partition coefficient (Wildman–Crippen LogP) is -2.42. The van der Waals surface area contributed by atoms with Gasteiger partial charge < -0.3 is 22.7 Å². The number of aryl methyl sites for hydroxylation is 1. The molecule has 0 saturated heterocycles. The molecule has 1 rings (SSSR count). The zero-order valence-electron chi connectivity index (χ0n) is 5.92. The molecular formula is C7H11BrN2. The molecule has 0 aliphatic carbocycles. The van der Waals surface area contributed by atoms with Crippen LogP contribution in [0.15, 0.2) is 24.5 Å². The van der Waals surface area contributed by atoms with Gasteiger partial charge >= 0.3 is 0 Å². The van der Waals surface area contributed by atoms with Crippen LogP contribution in [0, 0.1) is 0 Å². The molecule has 0 aliphatic heterocycles. The summed E-state index contributed by atoms with van der Waals surface area (Å²) in [5.74, 6) is 0. The molecule has 0 unspecified atom stereocenters. The van der Waals surface area contributed by atoms with E-state index in [-0.39, 0.29) is 17.0 Å². The zero-order chi connectivity index (χ0) is 6.69. The van der Waals surface area contributed by atoms with Crippen molar-refractivity contribution in [1.29, 1.82) is 0 Å². The number of halogens is 1. The number of anilines is 1. The van der Waals surface area contributed by atoms with Gasteiger partial charge in [0.25, 0.3) is 0 Å². The number of aromatic nitrogens is 1. The van der Waals surface area contributed by atoms with Gasteiger partial charge in [-0.25, -0.2) is 4.57 Å². The first kappa shape index (κ1) is 9.43. The Kier molecular flexibility index (Phi) is 4.03. The van der Waals surface area contributed by atoms with E-state index in [1.54, 1.807) is 0 Å². The van der Waals surface area contributed by atoms with Crippen LogP contribution in [0.4, 0.5) is 5.69 Å². The SMILES string of the molecule is CC[n+]1ccc(N)cc1.[Br-]. The molecule has 1 aromatic rings. The molecule has 0 amide bonds. The third-order valence-electron chi connectivity index (χ3n) is 1.28. The fourth-order valence-electron chi connectivity index (χ4n) is 0.680. The topological polar surface area (TPSA) is 29.9 Å². The molecule has 1 heterocycles. The smallest absolute Gasteiger partial charge is 0.170 e. The van der Waals surface area contributed by atoms with Crippen LogP contribution in [0.1, 0.15) is 6.92 Å². The molecule has 0 spiro atoms. The van der Waals surface area contributed by atoms with Gasteiger partial charge in [0.1, 0.15) is 6.54 Å². The Morgan fingerprint density at radius 3 is 2.30 bits per heavy atom. The lowest BCUT2D eigenvalue weighted by Gasteiger charge is -1.89. The van der Waals surface area contributed by atoms with Crippen molar-refractivity contribution in [3.05, 3.63) is 24.5 Å². The highest BCUT2D eigenvalue weighted by molar-refractivity contribution is 5.32. The third kappa shape index (κ3) is 2.35. The third-order valence-corrected chi connectivity index (χ3v) is 1.28. The Morgan fingerprint density at radius 1 is 1.40 bits per heavy atom. The molecule has 10 heavy (non-hydrogen) atoms. The van der Waals surface area contributed by atoms with Crippen molar-refractivity contribution >= 4 is 5.69 Å². The summed E-state index contributed by atoms with van der Waals surface area (Å²) >= 11 is 0. The van der Waals surface area contributed by atoms with Gasteiger partial charge in [-0.05, 0) is 6.92 Å². The maximum absolute atomic E-state index is 5.47. The van der Waals surface area contributed by atoms with E-state index < -0.39 is 0 Å². The Bertz CT molecular complexity index is 183. The normalized spacial score (nSPS) is 8.50. The van der Waals surface area contributed by atoms with Crippen molar-refractivity contribution in [1.82, 2.24) is 0 Å². The average molecular weight is 203 g/mol. The molecule has 0 saturated carbocycles. The lowest BCUT2D eigenvalue weighted by Crippen LogP contribution is -3.00. The van der Waals surface area contributed by atoms with Crippen LogP contribution in [0.25, 0.3) is 0 Å². The van der Waals surface area contributed by atoms with Crippen molar-refractivity contribution in [2.24, 2.45) is 0 Å². The summed E-state index contributed by atoms with van der Waals surface area (Å²) in [5, 5.41) is 0. The average Bonchev–Trinajstić information content (AvgIpc) is 1.90. The number of hydrogen-bond donors (Lipinski definition) is 1. The number of pyridine rings is 1. The van der Waals surface area contributed by atoms with Gasteiger partial charge in [-0.1, -0.05) is 0 Å². The van der Waals surface area contributed by atoms with Gasteiger partial charge in [0.15, 0.2) is 12.4 Å². The van der Waals surface area contributed by atoms with E-state index in [4.69, 9.17) is 5.73 Å². The predicted molar refractivity (Wildman–Crippen MR) is 36.7 cm³/mol. The summed E-state index contributed by atoms with van der Waals surface area (Å²) < 4.78 is 2.07. The van der Waals surface area contributed by atoms with E-state index in [9.17, 15) is 0 Å². The van der Waals surface area contributed by atoms with Crippen molar-refractivity contribution < 1.29 is 21.5 Å². The van der Waals surface area contributed by atoms with Crippen LogP contribution >= 0.6 is 0 Å². The fourth-order valence-corrected chi connectivity index (χ4v) is 0.680. The monoisotopic (exact) mass is 202 g/mol. The summed E-state index contributed by atoms with van der Waals surface area (Å²) in [6, 6.07) is 3.78. The second kappa shape index (κ2) is 4.28. The summed E-state index contributed by atoms with van der Waals surface area (Å²) in [6.45, 7) is 3.09. The molecule has 0 radical (unpaired) electrons. The summed E-state index contributed by atoms with van der Waals surface area (Å²) in [5.41, 5.74) is 6.29.